The van der Waals surface area contributed by atoms with Gasteiger partial charge < -0.3 is 10.2 Å². The maximum Gasteiger partial charge on any atom is 0.237 e. The van der Waals surface area contributed by atoms with Gasteiger partial charge in [0.05, 0.1) is 12.6 Å². The summed E-state index contributed by atoms with van der Waals surface area (Å²) in [5.74, 6) is 0.319. The summed E-state index contributed by atoms with van der Waals surface area (Å²) in [5.41, 5.74) is 1.11. The minimum Gasteiger partial charge on any atom is -0.351 e. The predicted octanol–water partition coefficient (Wildman–Crippen LogP) is 0.931. The summed E-state index contributed by atoms with van der Waals surface area (Å²) in [5, 5.41) is 3.02. The number of piperazine rings is 1. The molecule has 2 heterocycles. The molecule has 6 nitrogen and oxygen atoms in total. The zero-order valence-corrected chi connectivity index (χ0v) is 15.7. The van der Waals surface area contributed by atoms with Gasteiger partial charge in [-0.3, -0.25) is 19.4 Å². The molecule has 1 atom stereocenters. The van der Waals surface area contributed by atoms with Gasteiger partial charge in [0.2, 0.25) is 11.8 Å². The van der Waals surface area contributed by atoms with Crippen molar-refractivity contribution in [3.63, 3.8) is 0 Å². The molecule has 6 heteroatoms. The minimum absolute atomic E-state index is 0.0652. The first-order chi connectivity index (χ1) is 12.6. The second-order valence-corrected chi connectivity index (χ2v) is 7.28. The van der Waals surface area contributed by atoms with E-state index in [4.69, 9.17) is 0 Å². The molecule has 2 amide bonds. The monoisotopic (exact) mass is 358 g/mol. The topological polar surface area (TPSA) is 55.9 Å². The van der Waals surface area contributed by atoms with E-state index in [1.54, 1.807) is 0 Å². The van der Waals surface area contributed by atoms with Crippen molar-refractivity contribution in [2.24, 2.45) is 0 Å². The molecule has 142 valence electrons. The Balaban J connectivity index is 1.39. The average molecular weight is 358 g/mol. The lowest BCUT2D eigenvalue weighted by atomic mass is 10.2. The van der Waals surface area contributed by atoms with Crippen LogP contribution in [0.25, 0.3) is 0 Å². The molecule has 1 aromatic rings. The second kappa shape index (κ2) is 9.14. The summed E-state index contributed by atoms with van der Waals surface area (Å²) in [6.45, 7) is 8.21. The molecule has 1 aromatic carbocycles. The van der Waals surface area contributed by atoms with Crippen LogP contribution in [-0.2, 0) is 16.1 Å². The molecule has 0 spiro atoms. The van der Waals surface area contributed by atoms with E-state index in [-0.39, 0.29) is 17.9 Å². The number of nitrogens with zero attached hydrogens (tertiary/aromatic N) is 3. The summed E-state index contributed by atoms with van der Waals surface area (Å²) < 4.78 is 0. The molecule has 2 fully saturated rings. The lowest BCUT2D eigenvalue weighted by Crippen LogP contribution is -2.55. The molecule has 0 radical (unpaired) electrons. The first-order valence-electron chi connectivity index (χ1n) is 9.69. The Bertz CT molecular complexity index is 593. The molecule has 0 saturated carbocycles. The Morgan fingerprint density at radius 3 is 2.31 bits per heavy atom. The summed E-state index contributed by atoms with van der Waals surface area (Å²) in [4.78, 5) is 31.1. The number of hydrogen-bond donors (Lipinski definition) is 1. The highest BCUT2D eigenvalue weighted by Gasteiger charge is 2.27. The fourth-order valence-corrected chi connectivity index (χ4v) is 3.67. The summed E-state index contributed by atoms with van der Waals surface area (Å²) in [6, 6.07) is 9.82. The molecule has 2 aliphatic rings. The van der Waals surface area contributed by atoms with Crippen LogP contribution >= 0.6 is 0 Å². The van der Waals surface area contributed by atoms with Crippen LogP contribution in [0.3, 0.4) is 0 Å². The predicted molar refractivity (Wildman–Crippen MR) is 102 cm³/mol. The van der Waals surface area contributed by atoms with Crippen LogP contribution in [0, 0.1) is 0 Å². The number of nitrogens with one attached hydrogen (secondary N) is 1. The molecule has 0 bridgehead atoms. The third-order valence-corrected chi connectivity index (χ3v) is 5.46. The van der Waals surface area contributed by atoms with Crippen molar-refractivity contribution in [1.82, 2.24) is 20.0 Å². The highest BCUT2D eigenvalue weighted by Crippen LogP contribution is 2.11. The second-order valence-electron chi connectivity index (χ2n) is 7.28. The Morgan fingerprint density at radius 2 is 1.65 bits per heavy atom. The smallest absolute Gasteiger partial charge is 0.237 e. The van der Waals surface area contributed by atoms with Crippen LogP contribution in [0.2, 0.25) is 0 Å². The van der Waals surface area contributed by atoms with Crippen LogP contribution in [0.5, 0.6) is 0 Å². The van der Waals surface area contributed by atoms with E-state index in [0.717, 1.165) is 57.7 Å². The van der Waals surface area contributed by atoms with Gasteiger partial charge in [-0.15, -0.1) is 0 Å². The number of carbonyl (C=O) groups excluding carboxylic acids is 2. The van der Waals surface area contributed by atoms with Gasteiger partial charge in [0, 0.05) is 45.8 Å². The Hall–Kier alpha value is -1.92. The zero-order chi connectivity index (χ0) is 18.4. The van der Waals surface area contributed by atoms with Crippen molar-refractivity contribution in [2.75, 3.05) is 45.8 Å². The van der Waals surface area contributed by atoms with Crippen LogP contribution in [-0.4, -0.2) is 78.4 Å². The van der Waals surface area contributed by atoms with Crippen LogP contribution in [0.4, 0.5) is 0 Å². The van der Waals surface area contributed by atoms with E-state index >= 15 is 0 Å². The normalized spacial score (nSPS) is 20.1. The lowest BCUT2D eigenvalue weighted by molar-refractivity contribution is -0.133. The number of carbonyl (C=O) groups is 2. The molecular weight excluding hydrogens is 328 g/mol. The van der Waals surface area contributed by atoms with Gasteiger partial charge in [-0.05, 0) is 25.3 Å². The van der Waals surface area contributed by atoms with E-state index in [0.29, 0.717) is 13.1 Å². The van der Waals surface area contributed by atoms with Crippen molar-refractivity contribution in [1.29, 1.82) is 0 Å². The molecule has 0 aliphatic carbocycles. The Kier molecular flexibility index (Phi) is 6.63. The summed E-state index contributed by atoms with van der Waals surface area (Å²) in [7, 11) is 0. The van der Waals surface area contributed by atoms with E-state index in [9.17, 15) is 9.59 Å². The van der Waals surface area contributed by atoms with Gasteiger partial charge in [0.25, 0.3) is 0 Å². The van der Waals surface area contributed by atoms with Crippen molar-refractivity contribution >= 4 is 11.8 Å². The van der Waals surface area contributed by atoms with E-state index < -0.39 is 0 Å². The molecule has 26 heavy (non-hydrogen) atoms. The van der Waals surface area contributed by atoms with Gasteiger partial charge in [0.15, 0.2) is 0 Å². The molecule has 0 aromatic heterocycles. The number of amides is 2. The van der Waals surface area contributed by atoms with Gasteiger partial charge in [-0.25, -0.2) is 0 Å². The minimum atomic E-state index is -0.143. The highest BCUT2D eigenvalue weighted by molar-refractivity contribution is 5.81. The quantitative estimate of drug-likeness (QED) is 0.822. The van der Waals surface area contributed by atoms with Crippen molar-refractivity contribution < 1.29 is 9.59 Å². The van der Waals surface area contributed by atoms with Crippen LogP contribution < -0.4 is 5.32 Å². The first-order valence-corrected chi connectivity index (χ1v) is 9.69. The Labute approximate surface area is 156 Å². The molecule has 1 unspecified atom stereocenters. The molecule has 2 aliphatic heterocycles. The van der Waals surface area contributed by atoms with Crippen LogP contribution in [0.15, 0.2) is 30.3 Å². The number of likely N-dealkylation sites (tertiary alicyclic amines) is 1. The van der Waals surface area contributed by atoms with Gasteiger partial charge in [-0.1, -0.05) is 30.3 Å². The highest BCUT2D eigenvalue weighted by atomic mass is 16.2. The largest absolute Gasteiger partial charge is 0.351 e. The Morgan fingerprint density at radius 1 is 1.00 bits per heavy atom. The molecule has 2 saturated heterocycles. The van der Waals surface area contributed by atoms with Gasteiger partial charge in [-0.2, -0.15) is 0 Å². The lowest BCUT2D eigenvalue weighted by Gasteiger charge is -2.37. The van der Waals surface area contributed by atoms with E-state index in [1.165, 1.54) is 0 Å². The van der Waals surface area contributed by atoms with Crippen molar-refractivity contribution in [3.05, 3.63) is 35.9 Å². The van der Waals surface area contributed by atoms with Crippen molar-refractivity contribution in [3.8, 4) is 0 Å². The molecular formula is C20H30N4O2. The third kappa shape index (κ3) is 5.05. The van der Waals surface area contributed by atoms with Crippen molar-refractivity contribution in [2.45, 2.75) is 32.4 Å². The summed E-state index contributed by atoms with van der Waals surface area (Å²) >= 11 is 0. The first kappa shape index (κ1) is 18.9. The fourth-order valence-electron chi connectivity index (χ4n) is 3.67. The summed E-state index contributed by atoms with van der Waals surface area (Å²) in [6.07, 6.45) is 2.27. The number of benzene rings is 1. The number of hydrogen-bond acceptors (Lipinski definition) is 4. The maximum absolute atomic E-state index is 12.4. The zero-order valence-electron chi connectivity index (χ0n) is 15.7. The van der Waals surface area contributed by atoms with Crippen LogP contribution in [0.1, 0.15) is 25.3 Å². The standard InChI is InChI=1S/C20H30N4O2/c1-17(20(26)21-15-18-7-3-2-4-8-18)23-13-11-22(12-14-23)16-19(25)24-9-5-6-10-24/h2-4,7-8,17H,5-6,9-16H2,1H3,(H,21,26). The number of rotatable bonds is 6. The maximum atomic E-state index is 12.4. The third-order valence-electron chi connectivity index (χ3n) is 5.46. The van der Waals surface area contributed by atoms with Gasteiger partial charge >= 0.3 is 0 Å². The van der Waals surface area contributed by atoms with E-state index in [2.05, 4.69) is 15.1 Å². The molecule has 1 N–H and O–H groups in total. The van der Waals surface area contributed by atoms with Gasteiger partial charge in [0.1, 0.15) is 0 Å². The van der Waals surface area contributed by atoms with E-state index in [1.807, 2.05) is 42.2 Å². The average Bonchev–Trinajstić information content (AvgIpc) is 3.22. The SMILES string of the molecule is CC(C(=O)NCc1ccccc1)N1CCN(CC(=O)N2CCCC2)CC1. The fraction of sp³-hybridized carbons (Fsp3) is 0.600. The molecule has 3 rings (SSSR count).